The summed E-state index contributed by atoms with van der Waals surface area (Å²) < 4.78 is 1.08. The number of hydrogen-bond donors (Lipinski definition) is 5. The molecule has 5 N–H and O–H groups in total. The number of aromatic hydroxyl groups is 2. The zero-order valence-electron chi connectivity index (χ0n) is 14.8. The highest BCUT2D eigenvalue weighted by Gasteiger charge is 2.12. The number of aromatic nitrogens is 1. The largest absolute Gasteiger partial charge is 0.504 e. The van der Waals surface area contributed by atoms with Crippen molar-refractivity contribution in [3.63, 3.8) is 0 Å². The maximum absolute atomic E-state index is 9.75. The van der Waals surface area contributed by atoms with Gasteiger partial charge in [0.15, 0.2) is 17.3 Å². The lowest BCUT2D eigenvalue weighted by Crippen LogP contribution is -2.19. The molecule has 0 spiro atoms. The zero-order chi connectivity index (χ0) is 19.7. The van der Waals surface area contributed by atoms with Gasteiger partial charge in [0, 0.05) is 39.8 Å². The molecule has 0 aliphatic carbocycles. The summed E-state index contributed by atoms with van der Waals surface area (Å²) in [6.07, 6.45) is 0. The summed E-state index contributed by atoms with van der Waals surface area (Å²) in [6.45, 7) is 0. The van der Waals surface area contributed by atoms with Crippen molar-refractivity contribution in [2.45, 2.75) is 0 Å². The van der Waals surface area contributed by atoms with E-state index in [2.05, 4.69) is 21.0 Å². The molecule has 4 rings (SSSR count). The van der Waals surface area contributed by atoms with Gasteiger partial charge in [-0.3, -0.25) is 0 Å². The van der Waals surface area contributed by atoms with E-state index >= 15 is 0 Å². The van der Waals surface area contributed by atoms with E-state index in [-0.39, 0.29) is 11.5 Å². The molecule has 2 aromatic carbocycles. The Balaban J connectivity index is 1.87. The fourth-order valence-corrected chi connectivity index (χ4v) is 3.92. The quantitative estimate of drug-likeness (QED) is 0.0872. The number of fused-ring (bicyclic) bond motifs is 3. The summed E-state index contributed by atoms with van der Waals surface area (Å²) in [7, 11) is 1.72. The van der Waals surface area contributed by atoms with Crippen molar-refractivity contribution in [2.24, 2.45) is 10.3 Å². The van der Waals surface area contributed by atoms with Crippen LogP contribution in [0.15, 0.2) is 58.2 Å². The lowest BCUT2D eigenvalue weighted by Gasteiger charge is -2.11. The number of phenolic OH excluding ortho intramolecular Hbond substituents is 2. The first-order chi connectivity index (χ1) is 13.6. The highest BCUT2D eigenvalue weighted by molar-refractivity contribution is 7.18. The molecule has 9 heteroatoms. The van der Waals surface area contributed by atoms with Crippen LogP contribution in [-0.4, -0.2) is 28.1 Å². The van der Waals surface area contributed by atoms with Crippen molar-refractivity contribution >= 4 is 49.7 Å². The van der Waals surface area contributed by atoms with Crippen LogP contribution in [0.4, 0.5) is 11.5 Å². The molecular formula is C19H16N6O2S. The number of nitrogens with zero attached hydrogens (tertiary/aromatic N) is 3. The van der Waals surface area contributed by atoms with Gasteiger partial charge in [-0.05, 0) is 29.6 Å². The summed E-state index contributed by atoms with van der Waals surface area (Å²) in [5.41, 5.74) is 9.09. The van der Waals surface area contributed by atoms with Crippen LogP contribution in [-0.2, 0) is 0 Å². The summed E-state index contributed by atoms with van der Waals surface area (Å²) in [4.78, 5) is 4.75. The maximum Gasteiger partial charge on any atom is 0.159 e. The minimum Gasteiger partial charge on any atom is -0.504 e. The monoisotopic (exact) mass is 392 g/mol. The molecule has 0 fully saturated rings. The fourth-order valence-electron chi connectivity index (χ4n) is 2.98. The smallest absolute Gasteiger partial charge is 0.159 e. The molecular weight excluding hydrogens is 376 g/mol. The Labute approximate surface area is 163 Å². The number of pyridine rings is 1. The van der Waals surface area contributed by atoms with Crippen molar-refractivity contribution in [1.29, 1.82) is 5.53 Å². The van der Waals surface area contributed by atoms with Crippen LogP contribution < -0.4 is 10.6 Å². The normalized spacial score (nSPS) is 11.7. The van der Waals surface area contributed by atoms with Gasteiger partial charge >= 0.3 is 0 Å². The van der Waals surface area contributed by atoms with E-state index < -0.39 is 0 Å². The highest BCUT2D eigenvalue weighted by atomic mass is 32.1. The second-order valence-electron chi connectivity index (χ2n) is 5.98. The second kappa shape index (κ2) is 7.12. The van der Waals surface area contributed by atoms with Gasteiger partial charge in [-0.1, -0.05) is 17.4 Å². The van der Waals surface area contributed by atoms with Gasteiger partial charge in [0.25, 0.3) is 0 Å². The standard InChI is InChI=1S/C19H16N6O2S/c1-21-18(24-25-20)10-2-4-12-14(8-10)23-19(13-6-7-28-17(12)13)22-11-3-5-15(26)16(27)9-11/h2-9,26-27H,1H3,(H,22,23)(H2,20,21,24). The number of nitrogens with one attached hydrogen (secondary N) is 3. The molecule has 0 saturated carbocycles. The molecule has 2 heterocycles. The number of rotatable bonds is 4. The first kappa shape index (κ1) is 17.7. The zero-order valence-corrected chi connectivity index (χ0v) is 15.6. The molecule has 4 aromatic rings. The predicted molar refractivity (Wildman–Crippen MR) is 111 cm³/mol. The second-order valence-corrected chi connectivity index (χ2v) is 6.90. The summed E-state index contributed by atoms with van der Waals surface area (Å²) in [6, 6.07) is 12.3. The molecule has 0 atom stereocenters. The lowest BCUT2D eigenvalue weighted by molar-refractivity contribution is 0.404. The summed E-state index contributed by atoms with van der Waals surface area (Å²) in [5.74, 6) is 0.728. The number of hydrogen-bond acceptors (Lipinski definition) is 7. The van der Waals surface area contributed by atoms with Gasteiger partial charge in [0.2, 0.25) is 0 Å². The fraction of sp³-hybridized carbons (Fsp3) is 0.0526. The number of benzene rings is 2. The Morgan fingerprint density at radius 3 is 2.68 bits per heavy atom. The van der Waals surface area contributed by atoms with Crippen molar-refractivity contribution < 1.29 is 10.2 Å². The van der Waals surface area contributed by atoms with Crippen LogP contribution in [0.2, 0.25) is 0 Å². The number of amidine groups is 1. The van der Waals surface area contributed by atoms with E-state index in [0.717, 1.165) is 26.6 Å². The van der Waals surface area contributed by atoms with E-state index in [1.54, 1.807) is 24.5 Å². The molecule has 28 heavy (non-hydrogen) atoms. The highest BCUT2D eigenvalue weighted by Crippen LogP contribution is 2.36. The molecule has 0 bridgehead atoms. The first-order valence-corrected chi connectivity index (χ1v) is 9.21. The molecule has 0 unspecified atom stereocenters. The third-order valence-corrected chi connectivity index (χ3v) is 5.24. The van der Waals surface area contributed by atoms with Gasteiger partial charge in [-0.25, -0.2) is 4.98 Å². The molecule has 0 aliphatic rings. The summed E-state index contributed by atoms with van der Waals surface area (Å²) >= 11 is 1.61. The molecule has 0 radical (unpaired) electrons. The Bertz CT molecular complexity index is 1230. The SMILES string of the molecule is CN/C(=N\N=N)c1ccc2c(c1)nc(Nc1ccc(O)c(O)c1)c1ccsc12. The average Bonchev–Trinajstić information content (AvgIpc) is 3.19. The van der Waals surface area contributed by atoms with Gasteiger partial charge in [0.1, 0.15) is 5.82 Å². The van der Waals surface area contributed by atoms with Gasteiger partial charge in [-0.15, -0.1) is 16.4 Å². The van der Waals surface area contributed by atoms with E-state index in [9.17, 15) is 10.2 Å². The third kappa shape index (κ3) is 3.08. The van der Waals surface area contributed by atoms with Crippen LogP contribution in [0, 0.1) is 5.53 Å². The summed E-state index contributed by atoms with van der Waals surface area (Å²) in [5, 5.41) is 36.2. The Hall–Kier alpha value is -3.72. The molecule has 8 nitrogen and oxygen atoms in total. The van der Waals surface area contributed by atoms with E-state index in [4.69, 9.17) is 10.5 Å². The van der Waals surface area contributed by atoms with Gasteiger partial charge in [-0.2, -0.15) is 5.53 Å². The average molecular weight is 392 g/mol. The molecule has 0 saturated heterocycles. The number of thiophene rings is 1. The van der Waals surface area contributed by atoms with E-state index in [1.807, 2.05) is 29.6 Å². The maximum atomic E-state index is 9.75. The number of phenols is 2. The van der Waals surface area contributed by atoms with E-state index in [0.29, 0.717) is 17.3 Å². The molecule has 140 valence electrons. The Morgan fingerprint density at radius 1 is 1.07 bits per heavy atom. The topological polar surface area (TPSA) is 126 Å². The van der Waals surface area contributed by atoms with Crippen molar-refractivity contribution in [1.82, 2.24) is 10.3 Å². The Morgan fingerprint density at radius 2 is 1.93 bits per heavy atom. The van der Waals surface area contributed by atoms with Crippen LogP contribution in [0.3, 0.4) is 0 Å². The van der Waals surface area contributed by atoms with Crippen molar-refractivity contribution in [3.8, 4) is 11.5 Å². The van der Waals surface area contributed by atoms with Gasteiger partial charge < -0.3 is 20.8 Å². The minimum absolute atomic E-state index is 0.180. The van der Waals surface area contributed by atoms with E-state index in [1.165, 1.54) is 12.1 Å². The predicted octanol–water partition coefficient (Wildman–Crippen LogP) is 4.52. The molecule has 0 aliphatic heterocycles. The van der Waals surface area contributed by atoms with Crippen LogP contribution in [0.5, 0.6) is 11.5 Å². The van der Waals surface area contributed by atoms with Crippen molar-refractivity contribution in [2.75, 3.05) is 12.4 Å². The van der Waals surface area contributed by atoms with Crippen molar-refractivity contribution in [3.05, 3.63) is 53.4 Å². The molecule has 2 aromatic heterocycles. The first-order valence-electron chi connectivity index (χ1n) is 8.33. The Kier molecular flexibility index (Phi) is 4.50. The minimum atomic E-state index is -0.205. The van der Waals surface area contributed by atoms with Gasteiger partial charge in [0.05, 0.1) is 5.52 Å². The molecule has 0 amide bonds. The third-order valence-electron chi connectivity index (χ3n) is 4.29. The lowest BCUT2D eigenvalue weighted by atomic mass is 10.1. The van der Waals surface area contributed by atoms with Crippen LogP contribution >= 0.6 is 11.3 Å². The van der Waals surface area contributed by atoms with Crippen LogP contribution in [0.25, 0.3) is 21.0 Å². The number of anilines is 2. The van der Waals surface area contributed by atoms with Crippen LogP contribution in [0.1, 0.15) is 5.56 Å².